The molecular formula is C8H5BrN3. The summed E-state index contributed by atoms with van der Waals surface area (Å²) < 4.78 is 0.689. The van der Waals surface area contributed by atoms with E-state index in [4.69, 9.17) is 0 Å². The Hall–Kier alpha value is -1.16. The average Bonchev–Trinajstić information content (AvgIpc) is 2.53. The monoisotopic (exact) mass is 222 g/mol. The van der Waals surface area contributed by atoms with Gasteiger partial charge in [-0.2, -0.15) is 0 Å². The Balaban J connectivity index is 2.39. The summed E-state index contributed by atoms with van der Waals surface area (Å²) in [7, 11) is 0. The van der Waals surface area contributed by atoms with Crippen LogP contribution >= 0.6 is 15.9 Å². The predicted octanol–water partition coefficient (Wildman–Crippen LogP) is 1.72. The van der Waals surface area contributed by atoms with E-state index in [9.17, 15) is 0 Å². The summed E-state index contributed by atoms with van der Waals surface area (Å²) in [5.41, 5.74) is 5.36. The van der Waals surface area contributed by atoms with Crippen LogP contribution in [0.5, 0.6) is 0 Å². The zero-order valence-corrected chi connectivity index (χ0v) is 7.69. The first-order valence-corrected chi connectivity index (χ1v) is 4.24. The maximum Gasteiger partial charge on any atom is 0.158 e. The second-order valence-electron chi connectivity index (χ2n) is 2.29. The van der Waals surface area contributed by atoms with Crippen LogP contribution in [0.25, 0.3) is 0 Å². The molecule has 1 radical (unpaired) electrons. The van der Waals surface area contributed by atoms with E-state index in [1.807, 2.05) is 30.3 Å². The fourth-order valence-electron chi connectivity index (χ4n) is 0.968. The van der Waals surface area contributed by atoms with Crippen molar-refractivity contribution in [1.82, 2.24) is 5.53 Å². The first-order chi connectivity index (χ1) is 5.88. The highest BCUT2D eigenvalue weighted by Gasteiger charge is 2.13. The molecule has 0 fully saturated rings. The minimum absolute atomic E-state index is 0.689. The third kappa shape index (κ3) is 1.25. The van der Waals surface area contributed by atoms with Crippen molar-refractivity contribution in [1.29, 1.82) is 0 Å². The molecule has 1 heterocycles. The predicted molar refractivity (Wildman–Crippen MR) is 51.5 cm³/mol. The zero-order chi connectivity index (χ0) is 8.39. The summed E-state index contributed by atoms with van der Waals surface area (Å²) in [5.74, 6) is 0. The van der Waals surface area contributed by atoms with Crippen molar-refractivity contribution < 1.29 is 0 Å². The molecular weight excluding hydrogens is 218 g/mol. The van der Waals surface area contributed by atoms with Crippen LogP contribution in [0.2, 0.25) is 0 Å². The van der Waals surface area contributed by atoms with Crippen molar-refractivity contribution in [2.75, 3.05) is 0 Å². The molecule has 2 rings (SSSR count). The van der Waals surface area contributed by atoms with E-state index in [2.05, 4.69) is 31.7 Å². The third-order valence-electron chi connectivity index (χ3n) is 1.52. The normalized spacial score (nSPS) is 15.1. The van der Waals surface area contributed by atoms with Gasteiger partial charge in [-0.25, -0.2) is 0 Å². The molecule has 12 heavy (non-hydrogen) atoms. The summed E-state index contributed by atoms with van der Waals surface area (Å²) in [5, 5.41) is 7.63. The summed E-state index contributed by atoms with van der Waals surface area (Å²) in [4.78, 5) is 0. The van der Waals surface area contributed by atoms with E-state index < -0.39 is 0 Å². The lowest BCUT2D eigenvalue weighted by atomic mass is 10.1. The topological polar surface area (TPSA) is 38.8 Å². The Labute approximate surface area is 78.3 Å². The van der Waals surface area contributed by atoms with Gasteiger partial charge in [-0.05, 0) is 21.5 Å². The molecule has 1 aromatic rings. The van der Waals surface area contributed by atoms with Crippen LogP contribution in [0, 0.1) is 0 Å². The van der Waals surface area contributed by atoms with Crippen LogP contribution in [0.4, 0.5) is 0 Å². The molecule has 0 saturated heterocycles. The van der Waals surface area contributed by atoms with Crippen molar-refractivity contribution in [3.63, 3.8) is 0 Å². The quantitative estimate of drug-likeness (QED) is 0.695. The second kappa shape index (κ2) is 3.06. The molecule has 0 atom stereocenters. The Morgan fingerprint density at radius 3 is 2.33 bits per heavy atom. The number of hydrogen-bond donors (Lipinski definition) is 0. The van der Waals surface area contributed by atoms with Gasteiger partial charge >= 0.3 is 0 Å². The molecule has 0 N–H and O–H groups in total. The van der Waals surface area contributed by atoms with Crippen LogP contribution in [-0.2, 0) is 0 Å². The number of hydrogen-bond acceptors (Lipinski definition) is 2. The summed E-state index contributed by atoms with van der Waals surface area (Å²) in [6.45, 7) is 0. The smallest absolute Gasteiger partial charge is 0.127 e. The Bertz CT molecular complexity index is 343. The minimum Gasteiger partial charge on any atom is -0.127 e. The molecule has 0 bridgehead atoms. The second-order valence-corrected chi connectivity index (χ2v) is 3.05. The first kappa shape index (κ1) is 7.49. The molecule has 1 aromatic carbocycles. The van der Waals surface area contributed by atoms with Crippen molar-refractivity contribution in [2.45, 2.75) is 0 Å². The number of rotatable bonds is 1. The van der Waals surface area contributed by atoms with Crippen molar-refractivity contribution >= 4 is 26.3 Å². The van der Waals surface area contributed by atoms with E-state index in [0.717, 1.165) is 11.3 Å². The van der Waals surface area contributed by atoms with Gasteiger partial charge in [0, 0.05) is 5.56 Å². The average molecular weight is 223 g/mol. The minimum atomic E-state index is 0.689. The van der Waals surface area contributed by atoms with Gasteiger partial charge in [0.25, 0.3) is 0 Å². The molecule has 0 aliphatic carbocycles. The lowest BCUT2D eigenvalue weighted by Crippen LogP contribution is -2.04. The lowest BCUT2D eigenvalue weighted by molar-refractivity contribution is 0.813. The maximum atomic E-state index is 3.88. The highest BCUT2D eigenvalue weighted by molar-refractivity contribution is 9.19. The molecule has 1 aliphatic rings. The fourth-order valence-corrected chi connectivity index (χ4v) is 1.35. The third-order valence-corrected chi connectivity index (χ3v) is 2.05. The standard InChI is InChI=1S/C8H5BrN3/c9-8-7(10-12-11-8)6-4-2-1-3-5-6/h1-5H. The first-order valence-electron chi connectivity index (χ1n) is 3.45. The van der Waals surface area contributed by atoms with Gasteiger partial charge in [-0.3, -0.25) is 0 Å². The molecule has 4 heteroatoms. The van der Waals surface area contributed by atoms with Crippen LogP contribution in [0.15, 0.2) is 40.5 Å². The summed E-state index contributed by atoms with van der Waals surface area (Å²) >= 11 is 3.27. The molecule has 59 valence electrons. The summed E-state index contributed by atoms with van der Waals surface area (Å²) in [6, 6.07) is 9.81. The highest BCUT2D eigenvalue weighted by Crippen LogP contribution is 2.09. The SMILES string of the molecule is BrC1=N[N]N=C1c1ccccc1. The van der Waals surface area contributed by atoms with E-state index in [1.165, 1.54) is 0 Å². The Morgan fingerprint density at radius 1 is 1.00 bits per heavy atom. The maximum absolute atomic E-state index is 3.88. The van der Waals surface area contributed by atoms with Gasteiger partial charge in [0.05, 0.1) is 0 Å². The van der Waals surface area contributed by atoms with Gasteiger partial charge in [0.2, 0.25) is 0 Å². The van der Waals surface area contributed by atoms with E-state index in [-0.39, 0.29) is 0 Å². The molecule has 0 aromatic heterocycles. The highest BCUT2D eigenvalue weighted by atomic mass is 79.9. The van der Waals surface area contributed by atoms with Gasteiger partial charge in [-0.15, -0.1) is 10.2 Å². The van der Waals surface area contributed by atoms with Crippen LogP contribution in [-0.4, -0.2) is 10.3 Å². The number of nitrogens with zero attached hydrogens (tertiary/aromatic N) is 3. The van der Waals surface area contributed by atoms with Gasteiger partial charge in [0.15, 0.2) is 4.62 Å². The van der Waals surface area contributed by atoms with E-state index in [0.29, 0.717) is 4.62 Å². The van der Waals surface area contributed by atoms with Crippen LogP contribution < -0.4 is 5.53 Å². The Morgan fingerprint density at radius 2 is 1.75 bits per heavy atom. The van der Waals surface area contributed by atoms with Crippen molar-refractivity contribution in [3.05, 3.63) is 35.9 Å². The van der Waals surface area contributed by atoms with Gasteiger partial charge < -0.3 is 0 Å². The molecule has 0 unspecified atom stereocenters. The van der Waals surface area contributed by atoms with Crippen molar-refractivity contribution in [3.8, 4) is 0 Å². The van der Waals surface area contributed by atoms with E-state index in [1.54, 1.807) is 0 Å². The zero-order valence-electron chi connectivity index (χ0n) is 6.11. The molecule has 3 nitrogen and oxygen atoms in total. The van der Waals surface area contributed by atoms with E-state index >= 15 is 0 Å². The lowest BCUT2D eigenvalue weighted by Gasteiger charge is -1.95. The van der Waals surface area contributed by atoms with Gasteiger partial charge in [0.1, 0.15) is 5.71 Å². The molecule has 0 amide bonds. The fraction of sp³-hybridized carbons (Fsp3) is 0. The molecule has 1 aliphatic heterocycles. The van der Waals surface area contributed by atoms with Crippen molar-refractivity contribution in [2.24, 2.45) is 10.2 Å². The number of halogens is 1. The number of benzene rings is 1. The van der Waals surface area contributed by atoms with Gasteiger partial charge in [-0.1, -0.05) is 30.3 Å². The van der Waals surface area contributed by atoms with Crippen LogP contribution in [0.3, 0.4) is 0 Å². The largest absolute Gasteiger partial charge is 0.158 e. The Kier molecular flexibility index (Phi) is 1.91. The molecule has 0 spiro atoms. The van der Waals surface area contributed by atoms with Crippen LogP contribution in [0.1, 0.15) is 5.56 Å². The summed E-state index contributed by atoms with van der Waals surface area (Å²) in [6.07, 6.45) is 0. The molecule has 0 saturated carbocycles.